The molecular weight excluding hydrogens is 314 g/mol. The quantitative estimate of drug-likeness (QED) is 0.826. The maximum absolute atomic E-state index is 12.5. The van der Waals surface area contributed by atoms with Crippen LogP contribution < -0.4 is 0 Å². The summed E-state index contributed by atoms with van der Waals surface area (Å²) in [7, 11) is -3.40. The summed E-state index contributed by atoms with van der Waals surface area (Å²) in [6, 6.07) is 6.73. The van der Waals surface area contributed by atoms with Crippen molar-refractivity contribution in [3.8, 4) is 0 Å². The fraction of sp³-hybridized carbons (Fsp3) is 0.538. The normalized spacial score (nSPS) is 12.7. The molecule has 102 valence electrons. The average molecular weight is 334 g/mol. The lowest BCUT2D eigenvalue weighted by molar-refractivity contribution is 0.319. The first-order valence-electron chi connectivity index (χ1n) is 6.02. The van der Waals surface area contributed by atoms with Gasteiger partial charge >= 0.3 is 0 Å². The molecule has 0 bridgehead atoms. The lowest BCUT2D eigenvalue weighted by Gasteiger charge is -2.27. The number of sulfonamides is 1. The van der Waals surface area contributed by atoms with E-state index in [0.717, 1.165) is 4.47 Å². The van der Waals surface area contributed by atoms with Gasteiger partial charge in [-0.25, -0.2) is 8.42 Å². The van der Waals surface area contributed by atoms with E-state index in [-0.39, 0.29) is 6.04 Å². The third-order valence-electron chi connectivity index (χ3n) is 2.54. The molecule has 5 heteroatoms. The molecule has 0 aromatic heterocycles. The molecule has 0 aliphatic carbocycles. The highest BCUT2D eigenvalue weighted by atomic mass is 79.9. The highest BCUT2D eigenvalue weighted by Crippen LogP contribution is 2.21. The summed E-state index contributed by atoms with van der Waals surface area (Å²) in [5.41, 5.74) is 0. The van der Waals surface area contributed by atoms with Crippen LogP contribution in [-0.4, -0.2) is 25.3 Å². The van der Waals surface area contributed by atoms with Crippen LogP contribution in [0.3, 0.4) is 0 Å². The van der Waals surface area contributed by atoms with Crippen LogP contribution in [0.2, 0.25) is 0 Å². The number of benzene rings is 1. The third kappa shape index (κ3) is 3.80. The molecule has 18 heavy (non-hydrogen) atoms. The SMILES string of the molecule is CC(C)CN(C(C)C)S(=O)(=O)c1ccc(Br)cc1. The second kappa shape index (κ2) is 6.17. The molecule has 0 N–H and O–H groups in total. The lowest BCUT2D eigenvalue weighted by Crippen LogP contribution is -2.39. The van der Waals surface area contributed by atoms with E-state index in [1.807, 2.05) is 27.7 Å². The van der Waals surface area contributed by atoms with Gasteiger partial charge in [-0.3, -0.25) is 0 Å². The molecule has 0 saturated heterocycles. The number of rotatable bonds is 5. The van der Waals surface area contributed by atoms with Gasteiger partial charge in [0.2, 0.25) is 10.0 Å². The zero-order chi connectivity index (χ0) is 13.9. The summed E-state index contributed by atoms with van der Waals surface area (Å²) in [6.07, 6.45) is 0. The van der Waals surface area contributed by atoms with Gasteiger partial charge in [0.15, 0.2) is 0 Å². The topological polar surface area (TPSA) is 37.4 Å². The van der Waals surface area contributed by atoms with E-state index in [2.05, 4.69) is 15.9 Å². The predicted octanol–water partition coefficient (Wildman–Crippen LogP) is 3.50. The van der Waals surface area contributed by atoms with Crippen LogP contribution >= 0.6 is 15.9 Å². The summed E-state index contributed by atoms with van der Waals surface area (Å²) >= 11 is 3.31. The first kappa shape index (κ1) is 15.7. The highest BCUT2D eigenvalue weighted by Gasteiger charge is 2.27. The van der Waals surface area contributed by atoms with Crippen LogP contribution in [-0.2, 0) is 10.0 Å². The van der Waals surface area contributed by atoms with E-state index < -0.39 is 10.0 Å². The molecule has 0 amide bonds. The van der Waals surface area contributed by atoms with Gasteiger partial charge in [0.05, 0.1) is 4.90 Å². The molecule has 0 aliphatic heterocycles. The maximum atomic E-state index is 12.5. The molecule has 0 spiro atoms. The monoisotopic (exact) mass is 333 g/mol. The molecule has 0 atom stereocenters. The number of nitrogens with zero attached hydrogens (tertiary/aromatic N) is 1. The summed E-state index contributed by atoms with van der Waals surface area (Å²) in [4.78, 5) is 0.347. The molecule has 0 aliphatic rings. The zero-order valence-electron chi connectivity index (χ0n) is 11.2. The van der Waals surface area contributed by atoms with Gasteiger partial charge in [-0.05, 0) is 44.0 Å². The van der Waals surface area contributed by atoms with Crippen molar-refractivity contribution < 1.29 is 8.42 Å². The van der Waals surface area contributed by atoms with Crippen molar-refractivity contribution in [3.05, 3.63) is 28.7 Å². The Bertz CT molecular complexity index is 480. The standard InChI is InChI=1S/C13H20BrNO2S/c1-10(2)9-15(11(3)4)18(16,17)13-7-5-12(14)6-8-13/h5-8,10-11H,9H2,1-4H3. The first-order valence-corrected chi connectivity index (χ1v) is 8.26. The molecule has 1 aromatic rings. The van der Waals surface area contributed by atoms with Gasteiger partial charge in [0, 0.05) is 17.1 Å². The fourth-order valence-electron chi connectivity index (χ4n) is 1.69. The van der Waals surface area contributed by atoms with E-state index in [0.29, 0.717) is 17.4 Å². The Kier molecular flexibility index (Phi) is 5.37. The molecule has 0 saturated carbocycles. The molecule has 1 rings (SSSR count). The van der Waals surface area contributed by atoms with Gasteiger partial charge < -0.3 is 0 Å². The van der Waals surface area contributed by atoms with Crippen molar-refractivity contribution in [2.24, 2.45) is 5.92 Å². The minimum Gasteiger partial charge on any atom is -0.207 e. The number of halogens is 1. The Morgan fingerprint density at radius 3 is 2.00 bits per heavy atom. The summed E-state index contributed by atoms with van der Waals surface area (Å²) < 4.78 is 27.5. The van der Waals surface area contributed by atoms with E-state index in [1.54, 1.807) is 28.6 Å². The lowest BCUT2D eigenvalue weighted by atomic mass is 10.2. The minimum absolute atomic E-state index is 0.0407. The van der Waals surface area contributed by atoms with Gasteiger partial charge in [0.25, 0.3) is 0 Å². The Labute approximate surface area is 118 Å². The number of hydrogen-bond acceptors (Lipinski definition) is 2. The molecule has 0 heterocycles. The second-order valence-corrected chi connectivity index (χ2v) is 7.82. The molecule has 3 nitrogen and oxygen atoms in total. The Balaban J connectivity index is 3.13. The largest absolute Gasteiger partial charge is 0.243 e. The van der Waals surface area contributed by atoms with Crippen LogP contribution in [0.5, 0.6) is 0 Å². The Morgan fingerprint density at radius 1 is 1.11 bits per heavy atom. The van der Waals surface area contributed by atoms with Crippen molar-refractivity contribution in [2.45, 2.75) is 38.6 Å². The number of hydrogen-bond donors (Lipinski definition) is 0. The zero-order valence-corrected chi connectivity index (χ0v) is 13.6. The van der Waals surface area contributed by atoms with Crippen LogP contribution in [0.25, 0.3) is 0 Å². The van der Waals surface area contributed by atoms with Gasteiger partial charge in [-0.2, -0.15) is 4.31 Å². The van der Waals surface area contributed by atoms with Crippen molar-refractivity contribution in [2.75, 3.05) is 6.54 Å². The molecule has 1 aromatic carbocycles. The van der Waals surface area contributed by atoms with E-state index in [4.69, 9.17) is 0 Å². The van der Waals surface area contributed by atoms with E-state index in [1.165, 1.54) is 0 Å². The van der Waals surface area contributed by atoms with Crippen molar-refractivity contribution in [1.82, 2.24) is 4.31 Å². The molecular formula is C13H20BrNO2S. The molecule has 0 fully saturated rings. The van der Waals surface area contributed by atoms with Crippen LogP contribution in [0, 0.1) is 5.92 Å². The van der Waals surface area contributed by atoms with Crippen molar-refractivity contribution in [3.63, 3.8) is 0 Å². The average Bonchev–Trinajstić information content (AvgIpc) is 2.25. The Morgan fingerprint density at radius 2 is 1.61 bits per heavy atom. The van der Waals surface area contributed by atoms with Crippen LogP contribution in [0.15, 0.2) is 33.6 Å². The molecule has 0 radical (unpaired) electrons. The van der Waals surface area contributed by atoms with E-state index in [9.17, 15) is 8.42 Å². The smallest absolute Gasteiger partial charge is 0.207 e. The van der Waals surface area contributed by atoms with Crippen LogP contribution in [0.4, 0.5) is 0 Å². The maximum Gasteiger partial charge on any atom is 0.243 e. The van der Waals surface area contributed by atoms with Crippen LogP contribution in [0.1, 0.15) is 27.7 Å². The fourth-order valence-corrected chi connectivity index (χ4v) is 3.75. The van der Waals surface area contributed by atoms with Crippen molar-refractivity contribution >= 4 is 26.0 Å². The summed E-state index contributed by atoms with van der Waals surface area (Å²) in [5.74, 6) is 0.303. The van der Waals surface area contributed by atoms with Gasteiger partial charge in [-0.1, -0.05) is 29.8 Å². The minimum atomic E-state index is -3.40. The third-order valence-corrected chi connectivity index (χ3v) is 5.13. The van der Waals surface area contributed by atoms with Gasteiger partial charge in [-0.15, -0.1) is 0 Å². The second-order valence-electron chi connectivity index (χ2n) is 5.02. The summed E-state index contributed by atoms with van der Waals surface area (Å²) in [5, 5.41) is 0. The summed E-state index contributed by atoms with van der Waals surface area (Å²) in [6.45, 7) is 8.38. The highest BCUT2D eigenvalue weighted by molar-refractivity contribution is 9.10. The Hall–Kier alpha value is -0.390. The first-order chi connectivity index (χ1) is 8.25. The van der Waals surface area contributed by atoms with Gasteiger partial charge in [0.1, 0.15) is 0 Å². The molecule has 0 unspecified atom stereocenters. The van der Waals surface area contributed by atoms with E-state index >= 15 is 0 Å². The predicted molar refractivity (Wildman–Crippen MR) is 78.0 cm³/mol. The van der Waals surface area contributed by atoms with Crippen molar-refractivity contribution in [1.29, 1.82) is 0 Å².